The summed E-state index contributed by atoms with van der Waals surface area (Å²) in [4.78, 5) is 13.6. The summed E-state index contributed by atoms with van der Waals surface area (Å²) in [6, 6.07) is 11.7. The Kier molecular flexibility index (Phi) is 5.75. The lowest BCUT2D eigenvalue weighted by Crippen LogP contribution is -2.30. The fraction of sp³-hybridized carbons (Fsp3) is 0.353. The summed E-state index contributed by atoms with van der Waals surface area (Å²) in [5, 5.41) is 6.05. The lowest BCUT2D eigenvalue weighted by Gasteiger charge is -2.22. The van der Waals surface area contributed by atoms with Gasteiger partial charge >= 0.3 is 0 Å². The van der Waals surface area contributed by atoms with Crippen LogP contribution in [0.1, 0.15) is 27.7 Å². The second-order valence-electron chi connectivity index (χ2n) is 5.40. The number of hydrogen-bond acceptors (Lipinski definition) is 4. The first kappa shape index (κ1) is 16.3. The third-order valence-corrected chi connectivity index (χ3v) is 3.60. The SMILES string of the molecule is CNC(=O)c1ccc(CNCC(c2ccco2)N(C)C)cc1. The van der Waals surface area contributed by atoms with Crippen LogP contribution < -0.4 is 10.6 Å². The van der Waals surface area contributed by atoms with Gasteiger partial charge in [-0.25, -0.2) is 0 Å². The number of furan rings is 1. The van der Waals surface area contributed by atoms with Gasteiger partial charge in [0, 0.05) is 25.7 Å². The lowest BCUT2D eigenvalue weighted by atomic mass is 10.1. The molecule has 0 aliphatic rings. The van der Waals surface area contributed by atoms with Crippen LogP contribution in [0.25, 0.3) is 0 Å². The molecule has 0 spiro atoms. The standard InChI is InChI=1S/C17H23N3O2/c1-18-17(21)14-8-6-13(7-9-14)11-19-12-15(20(2)3)16-5-4-10-22-16/h4-10,15,19H,11-12H2,1-3H3,(H,18,21). The molecule has 0 saturated heterocycles. The Bertz CT molecular complexity index is 576. The highest BCUT2D eigenvalue weighted by Gasteiger charge is 2.16. The van der Waals surface area contributed by atoms with E-state index in [1.54, 1.807) is 13.3 Å². The Morgan fingerprint density at radius 3 is 2.50 bits per heavy atom. The van der Waals surface area contributed by atoms with Crippen molar-refractivity contribution in [3.63, 3.8) is 0 Å². The number of nitrogens with one attached hydrogen (secondary N) is 2. The molecule has 2 rings (SSSR count). The first-order chi connectivity index (χ1) is 10.6. The quantitative estimate of drug-likeness (QED) is 0.821. The minimum atomic E-state index is -0.0648. The van der Waals surface area contributed by atoms with Crippen LogP contribution in [0.4, 0.5) is 0 Å². The second-order valence-corrected chi connectivity index (χ2v) is 5.40. The second kappa shape index (κ2) is 7.77. The first-order valence-corrected chi connectivity index (χ1v) is 7.33. The molecule has 2 N–H and O–H groups in total. The fourth-order valence-corrected chi connectivity index (χ4v) is 2.29. The molecule has 0 fully saturated rings. The van der Waals surface area contributed by atoms with Crippen molar-refractivity contribution < 1.29 is 9.21 Å². The third-order valence-electron chi connectivity index (χ3n) is 3.60. The van der Waals surface area contributed by atoms with Gasteiger partial charge in [-0.3, -0.25) is 9.69 Å². The predicted octanol–water partition coefficient (Wildman–Crippen LogP) is 2.03. The zero-order valence-electron chi connectivity index (χ0n) is 13.3. The van der Waals surface area contributed by atoms with Crippen LogP contribution in [0, 0.1) is 0 Å². The van der Waals surface area contributed by atoms with Gasteiger partial charge < -0.3 is 15.1 Å². The minimum Gasteiger partial charge on any atom is -0.468 e. The van der Waals surface area contributed by atoms with E-state index >= 15 is 0 Å². The highest BCUT2D eigenvalue weighted by Crippen LogP contribution is 2.17. The molecule has 0 aliphatic heterocycles. The molecule has 1 atom stereocenters. The third kappa shape index (κ3) is 4.19. The zero-order chi connectivity index (χ0) is 15.9. The van der Waals surface area contributed by atoms with Gasteiger partial charge in [-0.05, 0) is 43.9 Å². The molecule has 22 heavy (non-hydrogen) atoms. The number of amides is 1. The topological polar surface area (TPSA) is 57.5 Å². The van der Waals surface area contributed by atoms with E-state index < -0.39 is 0 Å². The number of benzene rings is 1. The molecule has 0 bridgehead atoms. The van der Waals surface area contributed by atoms with Gasteiger partial charge in [0.1, 0.15) is 5.76 Å². The molecule has 1 amide bonds. The molecule has 1 aromatic carbocycles. The molecule has 5 nitrogen and oxygen atoms in total. The Labute approximate surface area is 131 Å². The Morgan fingerprint density at radius 1 is 1.23 bits per heavy atom. The maximum Gasteiger partial charge on any atom is 0.251 e. The van der Waals surface area contributed by atoms with Crippen molar-refractivity contribution in [2.75, 3.05) is 27.7 Å². The lowest BCUT2D eigenvalue weighted by molar-refractivity contribution is 0.0963. The summed E-state index contributed by atoms with van der Waals surface area (Å²) in [6.45, 7) is 1.54. The number of hydrogen-bond donors (Lipinski definition) is 2. The molecule has 0 aliphatic carbocycles. The molecule has 1 unspecified atom stereocenters. The molecule has 0 radical (unpaired) electrons. The van der Waals surface area contributed by atoms with Gasteiger partial charge in [0.15, 0.2) is 0 Å². The van der Waals surface area contributed by atoms with E-state index in [0.717, 1.165) is 24.4 Å². The average molecular weight is 301 g/mol. The Hall–Kier alpha value is -2.11. The number of carbonyl (C=O) groups is 1. The van der Waals surface area contributed by atoms with Gasteiger partial charge in [0.2, 0.25) is 0 Å². The molecule has 2 aromatic rings. The maximum atomic E-state index is 11.5. The van der Waals surface area contributed by atoms with Gasteiger partial charge in [-0.1, -0.05) is 12.1 Å². The maximum absolute atomic E-state index is 11.5. The molecule has 0 saturated carbocycles. The summed E-state index contributed by atoms with van der Waals surface area (Å²) in [6.07, 6.45) is 1.70. The van der Waals surface area contributed by atoms with E-state index in [0.29, 0.717) is 5.56 Å². The summed E-state index contributed by atoms with van der Waals surface area (Å²) in [7, 11) is 5.70. The summed E-state index contributed by atoms with van der Waals surface area (Å²) in [5.74, 6) is 0.887. The summed E-state index contributed by atoms with van der Waals surface area (Å²) < 4.78 is 5.49. The average Bonchev–Trinajstić information content (AvgIpc) is 3.05. The van der Waals surface area contributed by atoms with E-state index in [1.807, 2.05) is 50.5 Å². The van der Waals surface area contributed by atoms with E-state index in [1.165, 1.54) is 0 Å². The van der Waals surface area contributed by atoms with Crippen LogP contribution in [-0.2, 0) is 6.54 Å². The zero-order valence-corrected chi connectivity index (χ0v) is 13.3. The van der Waals surface area contributed by atoms with Crippen molar-refractivity contribution in [2.45, 2.75) is 12.6 Å². The highest BCUT2D eigenvalue weighted by atomic mass is 16.3. The van der Waals surface area contributed by atoms with E-state index in [9.17, 15) is 4.79 Å². The normalized spacial score (nSPS) is 12.4. The van der Waals surface area contributed by atoms with Crippen molar-refractivity contribution in [1.29, 1.82) is 0 Å². The molecule has 1 heterocycles. The Balaban J connectivity index is 1.88. The number of likely N-dealkylation sites (N-methyl/N-ethyl adjacent to an activating group) is 1. The minimum absolute atomic E-state index is 0.0648. The monoisotopic (exact) mass is 301 g/mol. The van der Waals surface area contributed by atoms with Gasteiger partial charge in [-0.2, -0.15) is 0 Å². The van der Waals surface area contributed by atoms with Gasteiger partial charge in [-0.15, -0.1) is 0 Å². The fourth-order valence-electron chi connectivity index (χ4n) is 2.29. The van der Waals surface area contributed by atoms with Crippen LogP contribution in [0.5, 0.6) is 0 Å². The first-order valence-electron chi connectivity index (χ1n) is 7.33. The molecule has 5 heteroatoms. The van der Waals surface area contributed by atoms with Gasteiger partial charge in [0.05, 0.1) is 12.3 Å². The van der Waals surface area contributed by atoms with Crippen LogP contribution in [0.3, 0.4) is 0 Å². The summed E-state index contributed by atoms with van der Waals surface area (Å²) in [5.41, 5.74) is 1.82. The van der Waals surface area contributed by atoms with Crippen LogP contribution >= 0.6 is 0 Å². The molecule has 118 valence electrons. The number of carbonyl (C=O) groups excluding carboxylic acids is 1. The van der Waals surface area contributed by atoms with E-state index in [-0.39, 0.29) is 11.9 Å². The summed E-state index contributed by atoms with van der Waals surface area (Å²) >= 11 is 0. The van der Waals surface area contributed by atoms with Crippen molar-refractivity contribution >= 4 is 5.91 Å². The van der Waals surface area contributed by atoms with Crippen molar-refractivity contribution in [3.05, 3.63) is 59.5 Å². The van der Waals surface area contributed by atoms with Crippen LogP contribution in [0.2, 0.25) is 0 Å². The van der Waals surface area contributed by atoms with E-state index in [4.69, 9.17) is 4.42 Å². The van der Waals surface area contributed by atoms with Crippen LogP contribution in [-0.4, -0.2) is 38.5 Å². The van der Waals surface area contributed by atoms with Crippen LogP contribution in [0.15, 0.2) is 47.1 Å². The smallest absolute Gasteiger partial charge is 0.251 e. The number of rotatable bonds is 7. The highest BCUT2D eigenvalue weighted by molar-refractivity contribution is 5.93. The number of nitrogens with zero attached hydrogens (tertiary/aromatic N) is 1. The molecular weight excluding hydrogens is 278 g/mol. The van der Waals surface area contributed by atoms with Crippen molar-refractivity contribution in [2.24, 2.45) is 0 Å². The van der Waals surface area contributed by atoms with Crippen molar-refractivity contribution in [1.82, 2.24) is 15.5 Å². The largest absolute Gasteiger partial charge is 0.468 e. The Morgan fingerprint density at radius 2 is 1.95 bits per heavy atom. The van der Waals surface area contributed by atoms with Crippen molar-refractivity contribution in [3.8, 4) is 0 Å². The predicted molar refractivity (Wildman–Crippen MR) is 86.7 cm³/mol. The molecule has 1 aromatic heterocycles. The van der Waals surface area contributed by atoms with Gasteiger partial charge in [0.25, 0.3) is 5.91 Å². The van der Waals surface area contributed by atoms with E-state index in [2.05, 4.69) is 15.5 Å². The molecular formula is C17H23N3O2.